The van der Waals surface area contributed by atoms with Gasteiger partial charge in [-0.05, 0) is 37.0 Å². The van der Waals surface area contributed by atoms with Crippen molar-refractivity contribution in [2.24, 2.45) is 5.73 Å². The summed E-state index contributed by atoms with van der Waals surface area (Å²) in [5, 5.41) is 0. The summed E-state index contributed by atoms with van der Waals surface area (Å²) < 4.78 is 0. The Bertz CT molecular complexity index is 330. The van der Waals surface area contributed by atoms with Crippen molar-refractivity contribution >= 4 is 5.69 Å². The predicted molar refractivity (Wildman–Crippen MR) is 71.8 cm³/mol. The van der Waals surface area contributed by atoms with Gasteiger partial charge in [-0.1, -0.05) is 26.0 Å². The second kappa shape index (κ2) is 5.90. The van der Waals surface area contributed by atoms with Gasteiger partial charge in [0.1, 0.15) is 0 Å². The van der Waals surface area contributed by atoms with Gasteiger partial charge in [0.25, 0.3) is 0 Å². The third-order valence-electron chi connectivity index (χ3n) is 3.37. The fourth-order valence-electron chi connectivity index (χ4n) is 2.27. The molecule has 0 bridgehead atoms. The first-order valence-corrected chi connectivity index (χ1v) is 6.16. The molecule has 0 fully saturated rings. The summed E-state index contributed by atoms with van der Waals surface area (Å²) in [5.74, 6) is 0. The Morgan fingerprint density at radius 1 is 1.25 bits per heavy atom. The topological polar surface area (TPSA) is 29.3 Å². The van der Waals surface area contributed by atoms with E-state index in [1.165, 1.54) is 29.7 Å². The van der Waals surface area contributed by atoms with Gasteiger partial charge in [0.2, 0.25) is 0 Å². The number of hydrogen-bond donors (Lipinski definition) is 1. The van der Waals surface area contributed by atoms with Crippen LogP contribution in [0.25, 0.3) is 0 Å². The smallest absolute Gasteiger partial charge is 0.0396 e. The van der Waals surface area contributed by atoms with Gasteiger partial charge in [-0.3, -0.25) is 0 Å². The van der Waals surface area contributed by atoms with E-state index in [4.69, 9.17) is 5.73 Å². The van der Waals surface area contributed by atoms with Gasteiger partial charge in [0.15, 0.2) is 0 Å². The highest BCUT2D eigenvalue weighted by molar-refractivity contribution is 5.54. The van der Waals surface area contributed by atoms with Gasteiger partial charge >= 0.3 is 0 Å². The van der Waals surface area contributed by atoms with Crippen LogP contribution in [0.4, 0.5) is 5.69 Å². The quantitative estimate of drug-likeness (QED) is 0.826. The van der Waals surface area contributed by atoms with Crippen LogP contribution in [0.5, 0.6) is 0 Å². The lowest BCUT2D eigenvalue weighted by Gasteiger charge is -2.30. The molecule has 90 valence electrons. The van der Waals surface area contributed by atoms with Crippen molar-refractivity contribution in [3.8, 4) is 0 Å². The lowest BCUT2D eigenvalue weighted by atomic mass is 10.1. The molecule has 1 rings (SSSR count). The summed E-state index contributed by atoms with van der Waals surface area (Å²) >= 11 is 0. The van der Waals surface area contributed by atoms with E-state index in [2.05, 4.69) is 50.9 Å². The average Bonchev–Trinajstić information content (AvgIpc) is 2.30. The summed E-state index contributed by atoms with van der Waals surface area (Å²) in [4.78, 5) is 2.38. The summed E-state index contributed by atoms with van der Waals surface area (Å²) in [7, 11) is 2.18. The highest BCUT2D eigenvalue weighted by atomic mass is 15.1. The molecule has 0 atom stereocenters. The molecule has 0 amide bonds. The molecule has 0 unspecified atom stereocenters. The molecule has 0 saturated carbocycles. The van der Waals surface area contributed by atoms with Gasteiger partial charge in [-0.15, -0.1) is 0 Å². The van der Waals surface area contributed by atoms with Crippen molar-refractivity contribution in [1.82, 2.24) is 0 Å². The van der Waals surface area contributed by atoms with Crippen LogP contribution in [-0.4, -0.2) is 13.1 Å². The lowest BCUT2D eigenvalue weighted by molar-refractivity contribution is 0.590. The van der Waals surface area contributed by atoms with Crippen LogP contribution >= 0.6 is 0 Å². The number of nitrogens with two attached hydrogens (primary N) is 1. The molecule has 2 nitrogen and oxygen atoms in total. The van der Waals surface area contributed by atoms with Gasteiger partial charge in [-0.2, -0.15) is 0 Å². The Balaban J connectivity index is 2.95. The zero-order chi connectivity index (χ0) is 12.1. The van der Waals surface area contributed by atoms with Gasteiger partial charge in [0.05, 0.1) is 0 Å². The van der Waals surface area contributed by atoms with Crippen LogP contribution in [0.2, 0.25) is 0 Å². The standard InChI is InChI=1S/C14H24N2/c1-5-13(6-2)16(4)14-8-7-12(10-15)9-11(14)3/h7-9,13H,5-6,10,15H2,1-4H3. The van der Waals surface area contributed by atoms with Gasteiger partial charge in [0, 0.05) is 25.3 Å². The van der Waals surface area contributed by atoms with Crippen molar-refractivity contribution in [2.45, 2.75) is 46.2 Å². The maximum atomic E-state index is 5.64. The number of rotatable bonds is 5. The summed E-state index contributed by atoms with van der Waals surface area (Å²) in [6.07, 6.45) is 2.37. The molecule has 0 spiro atoms. The number of benzene rings is 1. The number of anilines is 1. The Morgan fingerprint density at radius 3 is 2.31 bits per heavy atom. The van der Waals surface area contributed by atoms with E-state index in [9.17, 15) is 0 Å². The van der Waals surface area contributed by atoms with Crippen LogP contribution < -0.4 is 10.6 Å². The SMILES string of the molecule is CCC(CC)N(C)c1ccc(CN)cc1C. The predicted octanol–water partition coefficient (Wildman–Crippen LogP) is 3.08. The monoisotopic (exact) mass is 220 g/mol. The van der Waals surface area contributed by atoms with Crippen LogP contribution in [0.15, 0.2) is 18.2 Å². The minimum absolute atomic E-state index is 0.621. The zero-order valence-electron chi connectivity index (χ0n) is 11.0. The van der Waals surface area contributed by atoms with E-state index in [0.29, 0.717) is 12.6 Å². The highest BCUT2D eigenvalue weighted by Crippen LogP contribution is 2.23. The van der Waals surface area contributed by atoms with E-state index in [1.54, 1.807) is 0 Å². The average molecular weight is 220 g/mol. The molecule has 1 aromatic carbocycles. The summed E-state index contributed by atoms with van der Waals surface area (Å²) in [6, 6.07) is 7.13. The van der Waals surface area contributed by atoms with Crippen molar-refractivity contribution in [3.05, 3.63) is 29.3 Å². The van der Waals surface area contributed by atoms with Crippen LogP contribution in [-0.2, 0) is 6.54 Å². The Kier molecular flexibility index (Phi) is 4.81. The second-order valence-electron chi connectivity index (χ2n) is 4.41. The van der Waals surface area contributed by atoms with E-state index < -0.39 is 0 Å². The van der Waals surface area contributed by atoms with E-state index in [1.807, 2.05) is 0 Å². The number of aryl methyl sites for hydroxylation is 1. The summed E-state index contributed by atoms with van der Waals surface area (Å²) in [6.45, 7) is 7.27. The molecule has 0 radical (unpaired) electrons. The third kappa shape index (κ3) is 2.76. The van der Waals surface area contributed by atoms with E-state index in [0.717, 1.165) is 0 Å². The molecule has 0 aliphatic carbocycles. The highest BCUT2D eigenvalue weighted by Gasteiger charge is 2.12. The Labute approximate surface area is 99.5 Å². The van der Waals surface area contributed by atoms with Gasteiger partial charge < -0.3 is 10.6 Å². The Morgan fingerprint density at radius 2 is 1.88 bits per heavy atom. The molecule has 0 saturated heterocycles. The van der Waals surface area contributed by atoms with Crippen LogP contribution in [0, 0.1) is 6.92 Å². The van der Waals surface area contributed by atoms with Crippen molar-refractivity contribution in [1.29, 1.82) is 0 Å². The van der Waals surface area contributed by atoms with Crippen LogP contribution in [0.3, 0.4) is 0 Å². The molecule has 0 heterocycles. The normalized spacial score (nSPS) is 10.9. The first kappa shape index (κ1) is 13.0. The second-order valence-corrected chi connectivity index (χ2v) is 4.41. The third-order valence-corrected chi connectivity index (χ3v) is 3.37. The lowest BCUT2D eigenvalue weighted by Crippen LogP contribution is -2.30. The first-order valence-electron chi connectivity index (χ1n) is 6.16. The maximum Gasteiger partial charge on any atom is 0.0396 e. The minimum Gasteiger partial charge on any atom is -0.371 e. The van der Waals surface area contributed by atoms with Crippen LogP contribution in [0.1, 0.15) is 37.8 Å². The fraction of sp³-hybridized carbons (Fsp3) is 0.571. The first-order chi connectivity index (χ1) is 7.63. The fourth-order valence-corrected chi connectivity index (χ4v) is 2.27. The minimum atomic E-state index is 0.621. The van der Waals surface area contributed by atoms with Crippen molar-refractivity contribution in [3.63, 3.8) is 0 Å². The molecular weight excluding hydrogens is 196 g/mol. The number of nitrogens with zero attached hydrogens (tertiary/aromatic N) is 1. The molecule has 2 heteroatoms. The molecule has 0 aliphatic rings. The molecule has 0 aromatic heterocycles. The zero-order valence-corrected chi connectivity index (χ0v) is 11.0. The Hall–Kier alpha value is -1.02. The largest absolute Gasteiger partial charge is 0.371 e. The molecule has 16 heavy (non-hydrogen) atoms. The van der Waals surface area contributed by atoms with Crippen molar-refractivity contribution in [2.75, 3.05) is 11.9 Å². The number of hydrogen-bond acceptors (Lipinski definition) is 2. The molecule has 1 aromatic rings. The molecule has 0 aliphatic heterocycles. The van der Waals surface area contributed by atoms with Crippen molar-refractivity contribution < 1.29 is 0 Å². The molecular formula is C14H24N2. The van der Waals surface area contributed by atoms with E-state index >= 15 is 0 Å². The summed E-state index contributed by atoms with van der Waals surface area (Å²) in [5.41, 5.74) is 9.49. The maximum absolute atomic E-state index is 5.64. The van der Waals surface area contributed by atoms with E-state index in [-0.39, 0.29) is 0 Å². The molecule has 2 N–H and O–H groups in total. The van der Waals surface area contributed by atoms with Gasteiger partial charge in [-0.25, -0.2) is 0 Å².